The lowest BCUT2D eigenvalue weighted by atomic mass is 9.95. The zero-order valence-electron chi connectivity index (χ0n) is 19.5. The standard InChI is InChI=1S/C25H21IN2O7S/c1-4-33-24(31)20-12(2)27-25-28(21(20)14-5-6-16-17(10-14)35-11-34-16)23(30)19(36-25)9-13-7-15(26)22(29)18(8-13)32-3/h5-10,21,29H,4,11H2,1-3H3/b19-9-/t21-/m1/s1. The molecule has 1 atom stereocenters. The van der Waals surface area contributed by atoms with Gasteiger partial charge in [-0.25, -0.2) is 9.79 Å². The third-order valence-electron chi connectivity index (χ3n) is 5.80. The Labute approximate surface area is 223 Å². The molecule has 0 amide bonds. The van der Waals surface area contributed by atoms with E-state index in [4.69, 9.17) is 18.9 Å². The quantitative estimate of drug-likeness (QED) is 0.346. The first-order valence-electron chi connectivity index (χ1n) is 11.0. The summed E-state index contributed by atoms with van der Waals surface area (Å²) in [7, 11) is 1.47. The lowest BCUT2D eigenvalue weighted by molar-refractivity contribution is -0.139. The van der Waals surface area contributed by atoms with Crippen LogP contribution < -0.4 is 29.1 Å². The number of aromatic hydroxyl groups is 1. The first-order chi connectivity index (χ1) is 17.3. The molecular weight excluding hydrogens is 599 g/mol. The molecule has 2 aliphatic rings. The average molecular weight is 620 g/mol. The number of methoxy groups -OCH3 is 1. The lowest BCUT2D eigenvalue weighted by Crippen LogP contribution is -2.39. The largest absolute Gasteiger partial charge is 0.504 e. The van der Waals surface area contributed by atoms with Crippen molar-refractivity contribution in [1.82, 2.24) is 4.57 Å². The van der Waals surface area contributed by atoms with Gasteiger partial charge in [0.25, 0.3) is 5.56 Å². The fourth-order valence-corrected chi connectivity index (χ4v) is 5.85. The monoisotopic (exact) mass is 620 g/mol. The molecule has 186 valence electrons. The fraction of sp³-hybridized carbons (Fsp3) is 0.240. The van der Waals surface area contributed by atoms with Gasteiger partial charge >= 0.3 is 5.97 Å². The minimum Gasteiger partial charge on any atom is -0.504 e. The number of phenols is 1. The van der Waals surface area contributed by atoms with Crippen LogP contribution in [0.4, 0.5) is 0 Å². The number of rotatable bonds is 5. The summed E-state index contributed by atoms with van der Waals surface area (Å²) >= 11 is 3.22. The number of thiazole rings is 1. The van der Waals surface area contributed by atoms with E-state index in [0.717, 1.165) is 0 Å². The van der Waals surface area contributed by atoms with Crippen LogP contribution in [0, 0.1) is 3.57 Å². The minimum atomic E-state index is -0.758. The summed E-state index contributed by atoms with van der Waals surface area (Å²) in [6.45, 7) is 3.76. The van der Waals surface area contributed by atoms with E-state index in [1.807, 2.05) is 22.6 Å². The minimum absolute atomic E-state index is 0.0363. The molecule has 2 aromatic carbocycles. The molecule has 36 heavy (non-hydrogen) atoms. The number of nitrogens with zero attached hydrogens (tertiary/aromatic N) is 2. The van der Waals surface area contributed by atoms with Gasteiger partial charge < -0.3 is 24.1 Å². The van der Waals surface area contributed by atoms with Crippen LogP contribution in [-0.2, 0) is 9.53 Å². The number of hydrogen-bond donors (Lipinski definition) is 1. The summed E-state index contributed by atoms with van der Waals surface area (Å²) in [4.78, 5) is 31.8. The molecule has 1 aromatic heterocycles. The van der Waals surface area contributed by atoms with E-state index >= 15 is 0 Å². The normalized spacial score (nSPS) is 16.6. The van der Waals surface area contributed by atoms with Gasteiger partial charge in [0.2, 0.25) is 6.79 Å². The second-order valence-corrected chi connectivity index (χ2v) is 10.1. The Bertz CT molecular complexity index is 1610. The number of aromatic nitrogens is 1. The molecule has 0 aliphatic carbocycles. The maximum absolute atomic E-state index is 13.7. The summed E-state index contributed by atoms with van der Waals surface area (Å²) in [5, 5.41) is 10.2. The van der Waals surface area contributed by atoms with Crippen LogP contribution in [0.2, 0.25) is 0 Å². The third kappa shape index (κ3) is 4.15. The predicted octanol–water partition coefficient (Wildman–Crippen LogP) is 2.85. The molecule has 0 saturated carbocycles. The van der Waals surface area contributed by atoms with E-state index in [2.05, 4.69) is 4.99 Å². The van der Waals surface area contributed by atoms with E-state index in [1.54, 1.807) is 50.3 Å². The highest BCUT2D eigenvalue weighted by atomic mass is 127. The van der Waals surface area contributed by atoms with Gasteiger partial charge in [0.1, 0.15) is 0 Å². The highest BCUT2D eigenvalue weighted by molar-refractivity contribution is 14.1. The molecule has 3 aromatic rings. The number of hydrogen-bond acceptors (Lipinski definition) is 9. The summed E-state index contributed by atoms with van der Waals surface area (Å²) in [5.74, 6) is 0.945. The molecule has 0 saturated heterocycles. The molecule has 0 spiro atoms. The van der Waals surface area contributed by atoms with Gasteiger partial charge in [-0.3, -0.25) is 9.36 Å². The van der Waals surface area contributed by atoms with Crippen LogP contribution in [0.15, 0.2) is 51.4 Å². The molecule has 11 heteroatoms. The van der Waals surface area contributed by atoms with Crippen LogP contribution in [0.25, 0.3) is 6.08 Å². The summed E-state index contributed by atoms with van der Waals surface area (Å²) < 4.78 is 24.1. The van der Waals surface area contributed by atoms with Crippen LogP contribution in [-0.4, -0.2) is 36.2 Å². The molecular formula is C25H21IN2O7S. The van der Waals surface area contributed by atoms with Crippen LogP contribution in [0.5, 0.6) is 23.0 Å². The van der Waals surface area contributed by atoms with E-state index in [9.17, 15) is 14.7 Å². The van der Waals surface area contributed by atoms with Crippen LogP contribution in [0.3, 0.4) is 0 Å². The van der Waals surface area contributed by atoms with E-state index in [0.29, 0.717) is 47.0 Å². The maximum atomic E-state index is 13.7. The third-order valence-corrected chi connectivity index (χ3v) is 7.60. The Kier molecular flexibility index (Phi) is 6.51. The average Bonchev–Trinajstić information content (AvgIpc) is 3.44. The number of ether oxygens (including phenoxy) is 4. The van der Waals surface area contributed by atoms with Crippen molar-refractivity contribution >= 4 is 46.0 Å². The zero-order chi connectivity index (χ0) is 25.6. The first-order valence-corrected chi connectivity index (χ1v) is 12.9. The molecule has 0 fully saturated rings. The van der Waals surface area contributed by atoms with Crippen molar-refractivity contribution in [3.8, 4) is 23.0 Å². The van der Waals surface area contributed by atoms with Gasteiger partial charge in [0.15, 0.2) is 27.8 Å². The van der Waals surface area contributed by atoms with E-state index in [1.165, 1.54) is 23.0 Å². The summed E-state index contributed by atoms with van der Waals surface area (Å²) in [5.41, 5.74) is 1.81. The van der Waals surface area contributed by atoms with Gasteiger partial charge in [-0.15, -0.1) is 0 Å². The molecule has 5 rings (SSSR count). The van der Waals surface area contributed by atoms with Crippen molar-refractivity contribution in [2.24, 2.45) is 4.99 Å². The van der Waals surface area contributed by atoms with Crippen molar-refractivity contribution in [3.05, 3.63) is 76.0 Å². The van der Waals surface area contributed by atoms with E-state index in [-0.39, 0.29) is 30.3 Å². The number of fused-ring (bicyclic) bond motifs is 2. The van der Waals surface area contributed by atoms with Crippen molar-refractivity contribution in [2.75, 3.05) is 20.5 Å². The van der Waals surface area contributed by atoms with Crippen molar-refractivity contribution in [1.29, 1.82) is 0 Å². The number of allylic oxidation sites excluding steroid dienone is 1. The zero-order valence-corrected chi connectivity index (χ0v) is 22.5. The van der Waals surface area contributed by atoms with Gasteiger partial charge in [-0.05, 0) is 77.9 Å². The van der Waals surface area contributed by atoms with Crippen molar-refractivity contribution < 1.29 is 28.8 Å². The lowest BCUT2D eigenvalue weighted by Gasteiger charge is -2.24. The number of halogens is 1. The van der Waals surface area contributed by atoms with Crippen molar-refractivity contribution in [2.45, 2.75) is 19.9 Å². The fourth-order valence-electron chi connectivity index (χ4n) is 4.17. The summed E-state index contributed by atoms with van der Waals surface area (Å²) in [6.07, 6.45) is 1.72. The number of benzene rings is 2. The number of esters is 1. The first kappa shape index (κ1) is 24.4. The summed E-state index contributed by atoms with van der Waals surface area (Å²) in [6, 6.07) is 7.99. The Morgan fingerprint density at radius 2 is 2.08 bits per heavy atom. The molecule has 3 heterocycles. The van der Waals surface area contributed by atoms with Crippen LogP contribution in [0.1, 0.15) is 31.0 Å². The maximum Gasteiger partial charge on any atom is 0.338 e. The predicted molar refractivity (Wildman–Crippen MR) is 140 cm³/mol. The van der Waals surface area contributed by atoms with Gasteiger partial charge in [0, 0.05) is 0 Å². The second-order valence-electron chi connectivity index (χ2n) is 7.97. The smallest absolute Gasteiger partial charge is 0.338 e. The van der Waals surface area contributed by atoms with Crippen molar-refractivity contribution in [3.63, 3.8) is 0 Å². The molecule has 9 nitrogen and oxygen atoms in total. The Morgan fingerprint density at radius 1 is 1.31 bits per heavy atom. The van der Waals surface area contributed by atoms with Gasteiger partial charge in [-0.2, -0.15) is 0 Å². The van der Waals surface area contributed by atoms with E-state index < -0.39 is 12.0 Å². The number of carbonyl (C=O) groups excluding carboxylic acids is 1. The number of phenolic OH excluding ortho intramolecular Hbond substituents is 1. The highest BCUT2D eigenvalue weighted by Gasteiger charge is 2.34. The Morgan fingerprint density at radius 3 is 2.83 bits per heavy atom. The van der Waals surface area contributed by atoms with Gasteiger partial charge in [0.05, 0.1) is 39.1 Å². The molecule has 0 bridgehead atoms. The Balaban J connectivity index is 1.72. The SMILES string of the molecule is CCOC(=O)C1=C(C)N=c2s/c(=C\c3cc(I)c(O)c(OC)c3)c(=O)n2[C@@H]1c1ccc2c(c1)OCO2. The molecule has 0 radical (unpaired) electrons. The topological polar surface area (TPSA) is 109 Å². The highest BCUT2D eigenvalue weighted by Crippen LogP contribution is 2.38. The van der Waals surface area contributed by atoms with Crippen LogP contribution >= 0.6 is 33.9 Å². The molecule has 1 N–H and O–H groups in total. The Hall–Kier alpha value is -3.32. The molecule has 2 aliphatic heterocycles. The van der Waals surface area contributed by atoms with Gasteiger partial charge in [-0.1, -0.05) is 17.4 Å². The molecule has 0 unspecified atom stereocenters. The number of carbonyl (C=O) groups is 1. The second kappa shape index (κ2) is 9.62.